The average Bonchev–Trinajstić information content (AvgIpc) is 2.68. The summed E-state index contributed by atoms with van der Waals surface area (Å²) in [5.74, 6) is 1.49. The van der Waals surface area contributed by atoms with Crippen LogP contribution >= 0.6 is 0 Å². The van der Waals surface area contributed by atoms with E-state index in [1.165, 1.54) is 0 Å². The summed E-state index contributed by atoms with van der Waals surface area (Å²) >= 11 is 0. The van der Waals surface area contributed by atoms with Crippen LogP contribution in [0.3, 0.4) is 0 Å². The summed E-state index contributed by atoms with van der Waals surface area (Å²) in [6, 6.07) is 20.8. The molecule has 3 rings (SSSR count). The number of pyridine rings is 1. The molecule has 0 saturated carbocycles. The van der Waals surface area contributed by atoms with E-state index in [1.807, 2.05) is 66.7 Å². The zero-order valence-electron chi connectivity index (χ0n) is 14.4. The van der Waals surface area contributed by atoms with Gasteiger partial charge in [0.25, 0.3) is 0 Å². The minimum Gasteiger partial charge on any atom is -0.457 e. The summed E-state index contributed by atoms with van der Waals surface area (Å²) in [4.78, 5) is 16.0. The summed E-state index contributed by atoms with van der Waals surface area (Å²) in [5.41, 5.74) is 1.90. The van der Waals surface area contributed by atoms with E-state index >= 15 is 0 Å². The number of ether oxygens (including phenoxy) is 1. The molecule has 1 aromatic heterocycles. The van der Waals surface area contributed by atoms with Gasteiger partial charge >= 0.3 is 0 Å². The van der Waals surface area contributed by atoms with E-state index in [1.54, 1.807) is 12.4 Å². The molecule has 0 saturated heterocycles. The Kier molecular flexibility index (Phi) is 6.34. The Morgan fingerprint density at radius 1 is 0.885 bits per heavy atom. The van der Waals surface area contributed by atoms with Crippen LogP contribution in [0.4, 0.5) is 5.69 Å². The Bertz CT molecular complexity index is 806. The van der Waals surface area contributed by atoms with Gasteiger partial charge in [-0.25, -0.2) is 0 Å². The summed E-state index contributed by atoms with van der Waals surface area (Å²) < 4.78 is 5.73. The van der Waals surface area contributed by atoms with Gasteiger partial charge in [0.15, 0.2) is 0 Å². The number of para-hydroxylation sites is 1. The number of carbonyl (C=O) groups excluding carboxylic acids is 1. The summed E-state index contributed by atoms with van der Waals surface area (Å²) in [7, 11) is 0. The van der Waals surface area contributed by atoms with Gasteiger partial charge in [0, 0.05) is 37.6 Å². The van der Waals surface area contributed by atoms with Crippen LogP contribution in [0.25, 0.3) is 0 Å². The highest BCUT2D eigenvalue weighted by molar-refractivity contribution is 5.90. The van der Waals surface area contributed by atoms with Crippen molar-refractivity contribution in [3.05, 3.63) is 84.7 Å². The number of aromatic nitrogens is 1. The molecule has 0 radical (unpaired) electrons. The number of rotatable bonds is 8. The molecule has 5 heteroatoms. The van der Waals surface area contributed by atoms with E-state index < -0.39 is 0 Å². The van der Waals surface area contributed by atoms with Crippen LogP contribution in [-0.4, -0.2) is 17.4 Å². The van der Waals surface area contributed by atoms with Gasteiger partial charge in [0.1, 0.15) is 11.5 Å². The normalized spacial score (nSPS) is 10.3. The first-order chi connectivity index (χ1) is 12.8. The third-order valence-electron chi connectivity index (χ3n) is 3.72. The first kappa shape index (κ1) is 17.6. The quantitative estimate of drug-likeness (QED) is 0.605. The van der Waals surface area contributed by atoms with Crippen LogP contribution in [0.1, 0.15) is 12.0 Å². The average molecular weight is 347 g/mol. The summed E-state index contributed by atoms with van der Waals surface area (Å²) in [5, 5.41) is 6.13. The van der Waals surface area contributed by atoms with Crippen molar-refractivity contribution in [3.8, 4) is 11.5 Å². The molecule has 0 aliphatic rings. The first-order valence-corrected chi connectivity index (χ1v) is 8.52. The van der Waals surface area contributed by atoms with Gasteiger partial charge in [0.05, 0.1) is 0 Å². The second-order valence-electron chi connectivity index (χ2n) is 5.77. The molecule has 0 atom stereocenters. The second-order valence-corrected chi connectivity index (χ2v) is 5.77. The second kappa shape index (κ2) is 9.34. The van der Waals surface area contributed by atoms with Crippen molar-refractivity contribution in [2.45, 2.75) is 13.0 Å². The molecule has 1 heterocycles. The van der Waals surface area contributed by atoms with E-state index in [4.69, 9.17) is 4.74 Å². The number of nitrogens with zero attached hydrogens (tertiary/aromatic N) is 1. The molecule has 0 bridgehead atoms. The number of anilines is 1. The Morgan fingerprint density at radius 3 is 2.31 bits per heavy atom. The molecule has 0 aliphatic heterocycles. The molecule has 0 aliphatic carbocycles. The van der Waals surface area contributed by atoms with Gasteiger partial charge in [-0.05, 0) is 54.1 Å². The molecular formula is C21H21N3O2. The third-order valence-corrected chi connectivity index (χ3v) is 3.72. The SMILES string of the molecule is O=C(CCNCc1ccncc1)Nc1ccc(Oc2ccccc2)cc1. The molecule has 5 nitrogen and oxygen atoms in total. The Labute approximate surface area is 153 Å². The largest absolute Gasteiger partial charge is 0.457 e. The molecule has 26 heavy (non-hydrogen) atoms. The number of benzene rings is 2. The maximum atomic E-state index is 12.0. The Balaban J connectivity index is 1.40. The maximum Gasteiger partial charge on any atom is 0.225 e. The monoisotopic (exact) mass is 347 g/mol. The summed E-state index contributed by atoms with van der Waals surface area (Å²) in [6.45, 7) is 1.34. The zero-order valence-corrected chi connectivity index (χ0v) is 14.4. The van der Waals surface area contributed by atoms with Gasteiger partial charge in [-0.15, -0.1) is 0 Å². The first-order valence-electron chi connectivity index (χ1n) is 8.52. The lowest BCUT2D eigenvalue weighted by atomic mass is 10.2. The van der Waals surface area contributed by atoms with Crippen LogP contribution in [0.5, 0.6) is 11.5 Å². The van der Waals surface area contributed by atoms with Gasteiger partial charge < -0.3 is 15.4 Å². The lowest BCUT2D eigenvalue weighted by Crippen LogP contribution is -2.21. The minimum absolute atomic E-state index is 0.0241. The Hall–Kier alpha value is -3.18. The standard InChI is InChI=1S/C21H21N3O2/c25-21(12-15-23-16-17-10-13-22-14-11-17)24-18-6-8-20(9-7-18)26-19-4-2-1-3-5-19/h1-11,13-14,23H,12,15-16H2,(H,24,25). The van der Waals surface area contributed by atoms with Gasteiger partial charge in [0.2, 0.25) is 5.91 Å². The molecule has 1 amide bonds. The van der Waals surface area contributed by atoms with Gasteiger partial charge in [-0.2, -0.15) is 0 Å². The molecule has 3 aromatic rings. The van der Waals surface area contributed by atoms with Crippen molar-refractivity contribution < 1.29 is 9.53 Å². The van der Waals surface area contributed by atoms with Crippen LogP contribution in [0, 0.1) is 0 Å². The fraction of sp³-hybridized carbons (Fsp3) is 0.143. The number of hydrogen-bond acceptors (Lipinski definition) is 4. The van der Waals surface area contributed by atoms with Crippen molar-refractivity contribution in [1.82, 2.24) is 10.3 Å². The molecular weight excluding hydrogens is 326 g/mol. The molecule has 0 spiro atoms. The number of hydrogen-bond donors (Lipinski definition) is 2. The van der Waals surface area contributed by atoms with Gasteiger partial charge in [-0.3, -0.25) is 9.78 Å². The summed E-state index contributed by atoms with van der Waals surface area (Å²) in [6.07, 6.45) is 3.93. The minimum atomic E-state index is -0.0241. The van der Waals surface area contributed by atoms with E-state index in [0.29, 0.717) is 13.0 Å². The predicted molar refractivity (Wildman–Crippen MR) is 102 cm³/mol. The van der Waals surface area contributed by atoms with Crippen LogP contribution in [-0.2, 0) is 11.3 Å². The van der Waals surface area contributed by atoms with Crippen molar-refractivity contribution in [3.63, 3.8) is 0 Å². The molecule has 2 aromatic carbocycles. The third kappa shape index (κ3) is 5.72. The van der Waals surface area contributed by atoms with Crippen LogP contribution < -0.4 is 15.4 Å². The maximum absolute atomic E-state index is 12.0. The topological polar surface area (TPSA) is 63.2 Å². The highest BCUT2D eigenvalue weighted by atomic mass is 16.5. The number of amides is 1. The van der Waals surface area contributed by atoms with E-state index in [0.717, 1.165) is 29.3 Å². The fourth-order valence-electron chi connectivity index (χ4n) is 2.39. The number of carbonyl (C=O) groups is 1. The molecule has 0 unspecified atom stereocenters. The van der Waals surface area contributed by atoms with E-state index in [-0.39, 0.29) is 5.91 Å². The van der Waals surface area contributed by atoms with Crippen molar-refractivity contribution in [1.29, 1.82) is 0 Å². The molecule has 0 fully saturated rings. The van der Waals surface area contributed by atoms with Crippen molar-refractivity contribution in [2.75, 3.05) is 11.9 Å². The van der Waals surface area contributed by atoms with Crippen LogP contribution in [0.15, 0.2) is 79.1 Å². The van der Waals surface area contributed by atoms with Gasteiger partial charge in [-0.1, -0.05) is 18.2 Å². The zero-order chi connectivity index (χ0) is 18.0. The highest BCUT2D eigenvalue weighted by Crippen LogP contribution is 2.22. The smallest absolute Gasteiger partial charge is 0.225 e. The van der Waals surface area contributed by atoms with Crippen molar-refractivity contribution in [2.24, 2.45) is 0 Å². The van der Waals surface area contributed by atoms with Crippen LogP contribution in [0.2, 0.25) is 0 Å². The lowest BCUT2D eigenvalue weighted by molar-refractivity contribution is -0.116. The number of nitrogens with one attached hydrogen (secondary N) is 2. The predicted octanol–water partition coefficient (Wildman–Crippen LogP) is 3.99. The van der Waals surface area contributed by atoms with Crippen molar-refractivity contribution >= 4 is 11.6 Å². The Morgan fingerprint density at radius 2 is 1.58 bits per heavy atom. The van der Waals surface area contributed by atoms with E-state index in [9.17, 15) is 4.79 Å². The van der Waals surface area contributed by atoms with E-state index in [2.05, 4.69) is 15.6 Å². The fourth-order valence-corrected chi connectivity index (χ4v) is 2.39. The molecule has 2 N–H and O–H groups in total. The lowest BCUT2D eigenvalue weighted by Gasteiger charge is -2.08. The molecule has 132 valence electrons. The highest BCUT2D eigenvalue weighted by Gasteiger charge is 2.03.